The van der Waals surface area contributed by atoms with Crippen molar-refractivity contribution in [3.63, 3.8) is 0 Å². The van der Waals surface area contributed by atoms with Gasteiger partial charge in [0.2, 0.25) is 0 Å². The van der Waals surface area contributed by atoms with Gasteiger partial charge in [-0.1, -0.05) is 130 Å². The van der Waals surface area contributed by atoms with Gasteiger partial charge in [0.25, 0.3) is 0 Å². The summed E-state index contributed by atoms with van der Waals surface area (Å²) < 4.78 is 19.1. The molecular weight excluding hydrogens is 1000 g/mol. The molecule has 16 heteroatoms. The quantitative estimate of drug-likeness (QED) is 0.312. The molecule has 0 atom stereocenters. The maximum Gasteiger partial charge on any atom is 3.00 e. The molecule has 0 aromatic carbocycles. The fraction of sp³-hybridized carbons (Fsp3) is 1.00. The number of hydrogen-bond donors (Lipinski definition) is 0. The number of rotatable bonds is 8. The second-order valence-electron chi connectivity index (χ2n) is 13.1. The third kappa shape index (κ3) is 65.0. The number of hydrogen-bond acceptors (Lipinski definition) is 2. The van der Waals surface area contributed by atoms with Crippen molar-refractivity contribution < 1.29 is 92.7 Å². The van der Waals surface area contributed by atoms with Gasteiger partial charge < -0.3 is 70.9 Å². The van der Waals surface area contributed by atoms with Crippen LogP contribution in [0.15, 0.2) is 0 Å². The predicted octanol–water partition coefficient (Wildman–Crippen LogP) is -0.340. The molecule has 52 heavy (non-hydrogen) atoms. The first kappa shape index (κ1) is 72.7. The standard InChI is InChI=1S/4C8H16N.2C2H6OS.6ClH.2Rh/c4*1-2-3-8-4-6-9-7-5-8;2*1-4(2)3;;;;;;;;/h4*8H,2-7H2,1H3;2*1-2H3;6*1H;;/q4*-1;;;;;;;;;+2;+3/p-6. The van der Waals surface area contributed by atoms with Crippen LogP contribution in [0.2, 0.25) is 0 Å². The molecule has 6 nitrogen and oxygen atoms in total. The van der Waals surface area contributed by atoms with E-state index in [1.54, 1.807) is 25.0 Å². The second-order valence-corrected chi connectivity index (χ2v) is 18.6. The summed E-state index contributed by atoms with van der Waals surface area (Å²) in [6, 6.07) is 0. The van der Waals surface area contributed by atoms with E-state index in [2.05, 4.69) is 49.0 Å². The van der Waals surface area contributed by atoms with Gasteiger partial charge in [-0.05, 0) is 23.7 Å². The summed E-state index contributed by atoms with van der Waals surface area (Å²) in [5, 5.41) is 17.2. The first-order valence-corrected chi connectivity index (χ1v) is 26.6. The Balaban J connectivity index is -0.0000000736. The van der Waals surface area contributed by atoms with Gasteiger partial charge in [0.05, 0.1) is 0 Å². The summed E-state index contributed by atoms with van der Waals surface area (Å²) in [6.45, 7) is 18.1. The van der Waals surface area contributed by atoms with Crippen LogP contribution >= 0.6 is 19.4 Å². The SMILES string of the molecule is CCCC1CC[N-]CC1.CCCC1CC[N-]CC1.CCCC1CC[N-]CC1.CCCC1CC[N-]CC1.CS(C)=O.CS(C)=O.[Cl-].[Cl-].[Cl-].[Cl-].[Cl][Rh][Cl].[Rh+3]. The Morgan fingerprint density at radius 2 is 0.558 bits per heavy atom. The Morgan fingerprint density at radius 3 is 0.654 bits per heavy atom. The zero-order valence-corrected chi connectivity index (χ0v) is 43.1. The third-order valence-corrected chi connectivity index (χ3v) is 8.35. The van der Waals surface area contributed by atoms with Gasteiger partial charge in [0, 0.05) is 46.6 Å². The van der Waals surface area contributed by atoms with Crippen molar-refractivity contribution in [2.75, 3.05) is 77.4 Å². The average molecular weight is 1080 g/mol. The predicted molar refractivity (Wildman–Crippen MR) is 215 cm³/mol. The fourth-order valence-electron chi connectivity index (χ4n) is 6.00. The summed E-state index contributed by atoms with van der Waals surface area (Å²) in [7, 11) is 8.45. The summed E-state index contributed by atoms with van der Waals surface area (Å²) in [5.41, 5.74) is 0. The monoisotopic (exact) mass is 1080 g/mol. The van der Waals surface area contributed by atoms with Gasteiger partial charge in [-0.25, -0.2) is 0 Å². The van der Waals surface area contributed by atoms with E-state index in [9.17, 15) is 8.42 Å². The van der Waals surface area contributed by atoms with Crippen LogP contribution in [-0.4, -0.2) is 85.8 Å². The summed E-state index contributed by atoms with van der Waals surface area (Å²) >= 11 is -0.226. The minimum absolute atomic E-state index is 0. The molecule has 329 valence electrons. The summed E-state index contributed by atoms with van der Waals surface area (Å²) in [5.74, 6) is 4.03. The van der Waals surface area contributed by atoms with Gasteiger partial charge in [-0.2, -0.15) is 0 Å². The molecule has 4 aliphatic heterocycles. The van der Waals surface area contributed by atoms with Crippen LogP contribution in [0.3, 0.4) is 0 Å². The maximum absolute atomic E-state index is 9.56. The van der Waals surface area contributed by atoms with Gasteiger partial charge >= 0.3 is 54.0 Å². The molecule has 4 rings (SSSR count). The van der Waals surface area contributed by atoms with Crippen molar-refractivity contribution in [1.29, 1.82) is 0 Å². The van der Waals surface area contributed by atoms with Crippen LogP contribution in [0, 0.1) is 23.7 Å². The molecule has 0 amide bonds. The Kier molecular flexibility index (Phi) is 85.0. The molecular formula is C36H76Cl6N4O2Rh2S2-5. The van der Waals surface area contributed by atoms with Gasteiger partial charge in [0.15, 0.2) is 0 Å². The zero-order chi connectivity index (χ0) is 36.0. The molecule has 4 saturated heterocycles. The number of halogens is 6. The Hall–Kier alpha value is 3.13. The van der Waals surface area contributed by atoms with E-state index in [0.29, 0.717) is 0 Å². The molecule has 0 aliphatic carbocycles. The Labute approximate surface area is 382 Å². The normalized spacial score (nSPS) is 17.2. The second kappa shape index (κ2) is 60.8. The van der Waals surface area contributed by atoms with Crippen molar-refractivity contribution >= 4 is 41.0 Å². The molecule has 0 radical (unpaired) electrons. The topological polar surface area (TPSA) is 90.5 Å². The molecule has 0 saturated carbocycles. The van der Waals surface area contributed by atoms with Crippen LogP contribution in [0.4, 0.5) is 0 Å². The molecule has 0 N–H and O–H groups in total. The smallest absolute Gasteiger partial charge is 3.00 e. The van der Waals surface area contributed by atoms with Crippen LogP contribution in [0.5, 0.6) is 0 Å². The van der Waals surface area contributed by atoms with Gasteiger partial charge in [0.1, 0.15) is 0 Å². The van der Waals surface area contributed by atoms with Crippen molar-refractivity contribution in [3.8, 4) is 0 Å². The summed E-state index contributed by atoms with van der Waals surface area (Å²) in [4.78, 5) is 0. The Morgan fingerprint density at radius 1 is 0.442 bits per heavy atom. The first-order chi connectivity index (χ1) is 22.6. The first-order valence-electron chi connectivity index (χ1n) is 18.5. The minimum atomic E-state index is -0.611. The van der Waals surface area contributed by atoms with E-state index in [1.807, 2.05) is 0 Å². The van der Waals surface area contributed by atoms with Crippen LogP contribution in [0.25, 0.3) is 21.3 Å². The van der Waals surface area contributed by atoms with Gasteiger partial charge in [-0.15, -0.1) is 52.4 Å². The molecule has 0 aromatic heterocycles. The molecule has 4 heterocycles. The van der Waals surface area contributed by atoms with E-state index in [4.69, 9.17) is 19.4 Å². The number of piperidine rings is 4. The van der Waals surface area contributed by atoms with Gasteiger partial charge in [-0.3, -0.25) is 8.42 Å². The Bertz CT molecular complexity index is 545. The van der Waals surface area contributed by atoms with E-state index in [1.165, 1.54) is 103 Å². The van der Waals surface area contributed by atoms with Crippen molar-refractivity contribution in [3.05, 3.63) is 21.3 Å². The maximum atomic E-state index is 9.56. The van der Waals surface area contributed by atoms with Crippen molar-refractivity contribution in [1.82, 2.24) is 0 Å². The third-order valence-electron chi connectivity index (χ3n) is 8.35. The molecule has 4 fully saturated rings. The molecule has 0 spiro atoms. The van der Waals surface area contributed by atoms with E-state index in [-0.39, 0.29) is 84.3 Å². The van der Waals surface area contributed by atoms with Crippen LogP contribution in [0.1, 0.15) is 130 Å². The van der Waals surface area contributed by atoms with Crippen molar-refractivity contribution in [2.45, 2.75) is 130 Å². The largest absolute Gasteiger partial charge is 3.00 e. The van der Waals surface area contributed by atoms with E-state index in [0.717, 1.165) is 76.0 Å². The van der Waals surface area contributed by atoms with Crippen LogP contribution < -0.4 is 49.6 Å². The van der Waals surface area contributed by atoms with E-state index >= 15 is 0 Å². The molecule has 0 unspecified atom stereocenters. The zero-order valence-electron chi connectivity index (χ0n) is 33.6. The van der Waals surface area contributed by atoms with Crippen molar-refractivity contribution in [2.24, 2.45) is 23.7 Å². The molecule has 4 aliphatic rings. The fourth-order valence-corrected chi connectivity index (χ4v) is 6.00. The van der Waals surface area contributed by atoms with Crippen LogP contribution in [-0.2, 0) is 56.2 Å². The summed E-state index contributed by atoms with van der Waals surface area (Å²) in [6.07, 6.45) is 28.5. The average Bonchev–Trinajstić information content (AvgIpc) is 3.05. The number of nitrogens with zero attached hydrogens (tertiary/aromatic N) is 4. The molecule has 0 aromatic rings. The molecule has 0 bridgehead atoms. The van der Waals surface area contributed by atoms with E-state index < -0.39 is 21.6 Å². The minimum Gasteiger partial charge on any atom is 3.00 e.